The quantitative estimate of drug-likeness (QED) is 0.271. The highest BCUT2D eigenvalue weighted by Crippen LogP contribution is 2.24. The number of amides is 3. The predicted octanol–water partition coefficient (Wildman–Crippen LogP) is 2.86. The van der Waals surface area contributed by atoms with Crippen molar-refractivity contribution in [2.24, 2.45) is 0 Å². The molecule has 1 aromatic heterocycles. The van der Waals surface area contributed by atoms with Crippen LogP contribution in [0, 0.1) is 0 Å². The molecule has 1 heterocycles. The molecule has 10 nitrogen and oxygen atoms in total. The van der Waals surface area contributed by atoms with Crippen LogP contribution in [-0.4, -0.2) is 52.9 Å². The average Bonchev–Trinajstić information content (AvgIpc) is 2.85. The summed E-state index contributed by atoms with van der Waals surface area (Å²) >= 11 is 12.0. The zero-order valence-electron chi connectivity index (χ0n) is 18.6. The molecule has 0 saturated heterocycles. The molecule has 0 unspecified atom stereocenters. The molecule has 2 aromatic carbocycles. The van der Waals surface area contributed by atoms with Gasteiger partial charge in [-0.25, -0.2) is 9.78 Å². The maximum atomic E-state index is 12.5. The molecule has 12 heteroatoms. The fourth-order valence-electron chi connectivity index (χ4n) is 3.01. The van der Waals surface area contributed by atoms with Gasteiger partial charge in [-0.2, -0.15) is 0 Å². The summed E-state index contributed by atoms with van der Waals surface area (Å²) in [6.07, 6.45) is 1.63. The van der Waals surface area contributed by atoms with E-state index in [1.165, 1.54) is 18.2 Å². The molecule has 5 N–H and O–H groups in total. The van der Waals surface area contributed by atoms with Crippen molar-refractivity contribution in [1.29, 1.82) is 0 Å². The van der Waals surface area contributed by atoms with Crippen molar-refractivity contribution in [3.63, 3.8) is 0 Å². The summed E-state index contributed by atoms with van der Waals surface area (Å²) in [5.74, 6) is -2.74. The number of nitrogens with zero attached hydrogens (tertiary/aromatic N) is 1. The van der Waals surface area contributed by atoms with Gasteiger partial charge in [0.05, 0.1) is 22.2 Å². The Kier molecular flexibility index (Phi) is 9.20. The summed E-state index contributed by atoms with van der Waals surface area (Å²) in [5.41, 5.74) is 0.853. The van der Waals surface area contributed by atoms with Gasteiger partial charge < -0.3 is 26.4 Å². The number of anilines is 2. The fourth-order valence-corrected chi connectivity index (χ4v) is 3.58. The molecule has 0 radical (unpaired) electrons. The standard InChI is InChI=1S/C24H21Cl2N5O5/c25-16-7-4-8-17(26)21(16)23(34)31-18(24(35)36)12-28-20(32)13-29-22(33)14-5-3-6-15(11-14)30-19-9-1-2-10-27-19/h1-11,18H,12-13H2,(H,27,30)(H,28,32)(H,29,33)(H,31,34)(H,35,36)/t18-/m0/s1. The third kappa shape index (κ3) is 7.42. The highest BCUT2D eigenvalue weighted by molar-refractivity contribution is 6.39. The minimum absolute atomic E-state index is 0.0511. The number of halogens is 2. The van der Waals surface area contributed by atoms with E-state index in [1.807, 2.05) is 6.07 Å². The van der Waals surface area contributed by atoms with Crippen LogP contribution in [0.3, 0.4) is 0 Å². The summed E-state index contributed by atoms with van der Waals surface area (Å²) in [7, 11) is 0. The summed E-state index contributed by atoms with van der Waals surface area (Å²) < 4.78 is 0. The van der Waals surface area contributed by atoms with Gasteiger partial charge in [-0.05, 0) is 42.5 Å². The van der Waals surface area contributed by atoms with E-state index in [0.717, 1.165) is 0 Å². The molecule has 0 aliphatic heterocycles. The monoisotopic (exact) mass is 529 g/mol. The normalized spacial score (nSPS) is 11.2. The number of carbonyl (C=O) groups is 4. The largest absolute Gasteiger partial charge is 0.480 e. The summed E-state index contributed by atoms with van der Waals surface area (Å²) in [6, 6.07) is 14.9. The van der Waals surface area contributed by atoms with Gasteiger partial charge in [0, 0.05) is 24.0 Å². The molecular weight excluding hydrogens is 509 g/mol. The predicted molar refractivity (Wildman–Crippen MR) is 135 cm³/mol. The number of aliphatic carboxylic acids is 1. The molecular formula is C24H21Cl2N5O5. The van der Waals surface area contributed by atoms with Crippen LogP contribution in [0.25, 0.3) is 0 Å². The Morgan fingerprint density at radius 3 is 2.28 bits per heavy atom. The second-order valence-electron chi connectivity index (χ2n) is 7.37. The van der Waals surface area contributed by atoms with E-state index < -0.39 is 42.8 Å². The number of pyridine rings is 1. The van der Waals surface area contributed by atoms with Crippen molar-refractivity contribution >= 4 is 58.4 Å². The number of benzene rings is 2. The zero-order chi connectivity index (χ0) is 26.1. The number of aromatic nitrogens is 1. The summed E-state index contributed by atoms with van der Waals surface area (Å²) in [5, 5.41) is 19.7. The van der Waals surface area contributed by atoms with Gasteiger partial charge in [0.1, 0.15) is 11.9 Å². The van der Waals surface area contributed by atoms with Crippen LogP contribution < -0.4 is 21.3 Å². The first-order chi connectivity index (χ1) is 17.2. The Balaban J connectivity index is 1.51. The van der Waals surface area contributed by atoms with E-state index >= 15 is 0 Å². The van der Waals surface area contributed by atoms with Crippen LogP contribution in [0.15, 0.2) is 66.9 Å². The molecule has 0 fully saturated rings. The van der Waals surface area contributed by atoms with Crippen molar-refractivity contribution < 1.29 is 24.3 Å². The Hall–Kier alpha value is -4.15. The molecule has 1 atom stereocenters. The lowest BCUT2D eigenvalue weighted by Gasteiger charge is -2.16. The van der Waals surface area contributed by atoms with Crippen molar-refractivity contribution in [1.82, 2.24) is 20.9 Å². The minimum atomic E-state index is -1.46. The lowest BCUT2D eigenvalue weighted by atomic mass is 10.2. The highest BCUT2D eigenvalue weighted by Gasteiger charge is 2.24. The summed E-state index contributed by atoms with van der Waals surface area (Å²) in [4.78, 5) is 52.8. The number of hydrogen-bond donors (Lipinski definition) is 5. The average molecular weight is 530 g/mol. The highest BCUT2D eigenvalue weighted by atomic mass is 35.5. The Bertz CT molecular complexity index is 1250. The van der Waals surface area contributed by atoms with Crippen LogP contribution in [0.2, 0.25) is 10.0 Å². The zero-order valence-corrected chi connectivity index (χ0v) is 20.1. The second kappa shape index (κ2) is 12.5. The van der Waals surface area contributed by atoms with Crippen molar-refractivity contribution in [2.45, 2.75) is 6.04 Å². The first-order valence-corrected chi connectivity index (χ1v) is 11.3. The topological polar surface area (TPSA) is 150 Å². The van der Waals surface area contributed by atoms with E-state index in [1.54, 1.807) is 42.6 Å². The summed E-state index contributed by atoms with van der Waals surface area (Å²) in [6.45, 7) is -0.839. The van der Waals surface area contributed by atoms with Gasteiger partial charge >= 0.3 is 5.97 Å². The van der Waals surface area contributed by atoms with Gasteiger partial charge in [0.2, 0.25) is 5.91 Å². The Morgan fingerprint density at radius 2 is 1.61 bits per heavy atom. The Labute approximate surface area is 216 Å². The van der Waals surface area contributed by atoms with Crippen LogP contribution in [-0.2, 0) is 9.59 Å². The van der Waals surface area contributed by atoms with E-state index in [-0.39, 0.29) is 15.6 Å². The molecule has 3 rings (SSSR count). The number of rotatable bonds is 10. The number of carboxylic acid groups (broad SMARTS) is 1. The van der Waals surface area contributed by atoms with Crippen LogP contribution in [0.4, 0.5) is 11.5 Å². The van der Waals surface area contributed by atoms with Crippen LogP contribution >= 0.6 is 23.2 Å². The van der Waals surface area contributed by atoms with Crippen molar-refractivity contribution in [2.75, 3.05) is 18.4 Å². The molecule has 3 amide bonds. The van der Waals surface area contributed by atoms with Gasteiger partial charge in [0.25, 0.3) is 11.8 Å². The SMILES string of the molecule is O=C(CNC(=O)c1cccc(Nc2ccccn2)c1)NC[C@H](NC(=O)c1c(Cl)cccc1Cl)C(=O)O. The number of hydrogen-bond acceptors (Lipinski definition) is 6. The lowest BCUT2D eigenvalue weighted by Crippen LogP contribution is -2.50. The maximum absolute atomic E-state index is 12.5. The van der Waals surface area contributed by atoms with E-state index in [2.05, 4.69) is 26.3 Å². The molecule has 36 heavy (non-hydrogen) atoms. The molecule has 186 valence electrons. The molecule has 0 aliphatic carbocycles. The molecule has 0 saturated carbocycles. The van der Waals surface area contributed by atoms with Gasteiger partial charge in [-0.1, -0.05) is 41.4 Å². The number of carboxylic acids is 1. The van der Waals surface area contributed by atoms with Crippen LogP contribution in [0.1, 0.15) is 20.7 Å². The second-order valence-corrected chi connectivity index (χ2v) is 8.18. The van der Waals surface area contributed by atoms with Gasteiger partial charge in [0.15, 0.2) is 0 Å². The van der Waals surface area contributed by atoms with Crippen molar-refractivity contribution in [3.05, 3.63) is 88.0 Å². The van der Waals surface area contributed by atoms with E-state index in [4.69, 9.17) is 23.2 Å². The van der Waals surface area contributed by atoms with Gasteiger partial charge in [-0.3, -0.25) is 14.4 Å². The fraction of sp³-hybridized carbons (Fsp3) is 0.125. The lowest BCUT2D eigenvalue weighted by molar-refractivity contribution is -0.139. The van der Waals surface area contributed by atoms with Crippen LogP contribution in [0.5, 0.6) is 0 Å². The number of carbonyl (C=O) groups excluding carboxylic acids is 3. The number of nitrogens with one attached hydrogen (secondary N) is 4. The Morgan fingerprint density at radius 1 is 0.889 bits per heavy atom. The third-order valence-electron chi connectivity index (χ3n) is 4.77. The first kappa shape index (κ1) is 26.5. The third-order valence-corrected chi connectivity index (χ3v) is 5.40. The first-order valence-electron chi connectivity index (χ1n) is 10.6. The molecule has 3 aromatic rings. The molecule has 0 spiro atoms. The molecule has 0 bridgehead atoms. The minimum Gasteiger partial charge on any atom is -0.480 e. The van der Waals surface area contributed by atoms with E-state index in [9.17, 15) is 24.3 Å². The maximum Gasteiger partial charge on any atom is 0.328 e. The molecule has 0 aliphatic rings. The van der Waals surface area contributed by atoms with E-state index in [0.29, 0.717) is 17.1 Å². The van der Waals surface area contributed by atoms with Crippen molar-refractivity contribution in [3.8, 4) is 0 Å². The smallest absolute Gasteiger partial charge is 0.328 e. The van der Waals surface area contributed by atoms with Gasteiger partial charge in [-0.15, -0.1) is 0 Å².